The van der Waals surface area contributed by atoms with E-state index in [1.165, 1.54) is 0 Å². The molecule has 0 aliphatic carbocycles. The Morgan fingerprint density at radius 2 is 2.29 bits per heavy atom. The molecule has 0 fully saturated rings. The summed E-state index contributed by atoms with van der Waals surface area (Å²) < 4.78 is 7.09. The Labute approximate surface area is 122 Å². The highest BCUT2D eigenvalue weighted by molar-refractivity contribution is 5.46. The summed E-state index contributed by atoms with van der Waals surface area (Å²) in [7, 11) is 0. The van der Waals surface area contributed by atoms with Crippen LogP contribution in [-0.4, -0.2) is 31.4 Å². The van der Waals surface area contributed by atoms with E-state index in [4.69, 9.17) is 4.52 Å². The smallest absolute Gasteiger partial charge is 0.240 e. The molecule has 0 amide bonds. The summed E-state index contributed by atoms with van der Waals surface area (Å²) >= 11 is 0. The zero-order chi connectivity index (χ0) is 14.5. The summed E-state index contributed by atoms with van der Waals surface area (Å²) in [6, 6.07) is 5.59. The minimum absolute atomic E-state index is 0.509. The quantitative estimate of drug-likeness (QED) is 0.689. The number of nitrogens with zero attached hydrogens (tertiary/aromatic N) is 5. The van der Waals surface area contributed by atoms with E-state index < -0.39 is 0 Å². The van der Waals surface area contributed by atoms with Gasteiger partial charge in [0.05, 0.1) is 19.3 Å². The van der Waals surface area contributed by atoms with Crippen LogP contribution < -0.4 is 5.32 Å². The molecule has 0 unspecified atom stereocenters. The van der Waals surface area contributed by atoms with Crippen molar-refractivity contribution in [2.45, 2.75) is 20.0 Å². The Morgan fingerprint density at radius 3 is 3.05 bits per heavy atom. The van der Waals surface area contributed by atoms with Crippen molar-refractivity contribution in [3.05, 3.63) is 48.2 Å². The molecule has 3 rings (SSSR count). The molecular weight excluding hydrogens is 268 g/mol. The van der Waals surface area contributed by atoms with E-state index in [0.29, 0.717) is 24.0 Å². The number of aryl methyl sites for hydroxylation is 1. The maximum absolute atomic E-state index is 5.19. The summed E-state index contributed by atoms with van der Waals surface area (Å²) in [6.45, 7) is 4.13. The minimum atomic E-state index is 0.509. The summed E-state index contributed by atoms with van der Waals surface area (Å²) in [5.74, 6) is 1.06. The van der Waals surface area contributed by atoms with Crippen LogP contribution in [0.15, 0.2) is 41.3 Å². The van der Waals surface area contributed by atoms with Crippen LogP contribution in [0.2, 0.25) is 0 Å². The number of rotatable bonds is 6. The molecule has 3 aromatic heterocycles. The molecule has 7 nitrogen and oxygen atoms in total. The van der Waals surface area contributed by atoms with Crippen molar-refractivity contribution < 1.29 is 4.52 Å². The van der Waals surface area contributed by atoms with E-state index in [-0.39, 0.29) is 0 Å². The Balaban J connectivity index is 1.49. The summed E-state index contributed by atoms with van der Waals surface area (Å²) in [4.78, 5) is 8.49. The van der Waals surface area contributed by atoms with Crippen molar-refractivity contribution in [2.75, 3.05) is 6.54 Å². The molecule has 108 valence electrons. The summed E-state index contributed by atoms with van der Waals surface area (Å²) in [6.07, 6.45) is 5.56. The van der Waals surface area contributed by atoms with E-state index >= 15 is 0 Å². The van der Waals surface area contributed by atoms with Crippen LogP contribution in [0.4, 0.5) is 0 Å². The summed E-state index contributed by atoms with van der Waals surface area (Å²) in [5, 5.41) is 11.4. The lowest BCUT2D eigenvalue weighted by Gasteiger charge is -2.01. The molecule has 0 spiro atoms. The zero-order valence-corrected chi connectivity index (χ0v) is 11.7. The van der Waals surface area contributed by atoms with Crippen molar-refractivity contribution in [3.8, 4) is 11.5 Å². The van der Waals surface area contributed by atoms with Gasteiger partial charge in [-0.05, 0) is 24.6 Å². The van der Waals surface area contributed by atoms with Gasteiger partial charge in [-0.25, -0.2) is 0 Å². The van der Waals surface area contributed by atoms with Crippen molar-refractivity contribution in [3.63, 3.8) is 0 Å². The molecule has 0 radical (unpaired) electrons. The minimum Gasteiger partial charge on any atom is -0.337 e. The molecule has 0 aromatic carbocycles. The Kier molecular flexibility index (Phi) is 4.02. The molecule has 3 aromatic rings. The first-order chi connectivity index (χ1) is 10.3. The maximum Gasteiger partial charge on any atom is 0.240 e. The fourth-order valence-corrected chi connectivity index (χ4v) is 1.90. The van der Waals surface area contributed by atoms with Crippen molar-refractivity contribution in [1.29, 1.82) is 0 Å². The highest BCUT2D eigenvalue weighted by Gasteiger charge is 2.08. The predicted molar refractivity (Wildman–Crippen MR) is 76.2 cm³/mol. The average Bonchev–Trinajstić information content (AvgIpc) is 3.14. The van der Waals surface area contributed by atoms with Gasteiger partial charge in [0.2, 0.25) is 11.7 Å². The average molecular weight is 284 g/mol. The topological polar surface area (TPSA) is 81.7 Å². The van der Waals surface area contributed by atoms with Crippen LogP contribution in [0.3, 0.4) is 0 Å². The number of nitrogens with one attached hydrogen (secondary N) is 1. The molecule has 1 N–H and O–H groups in total. The third kappa shape index (κ3) is 3.51. The third-order valence-electron chi connectivity index (χ3n) is 2.92. The van der Waals surface area contributed by atoms with Crippen molar-refractivity contribution in [1.82, 2.24) is 30.2 Å². The van der Waals surface area contributed by atoms with Crippen LogP contribution in [0.25, 0.3) is 11.5 Å². The van der Waals surface area contributed by atoms with Crippen molar-refractivity contribution in [2.24, 2.45) is 0 Å². The number of pyridine rings is 1. The fourth-order valence-electron chi connectivity index (χ4n) is 1.90. The normalized spacial score (nSPS) is 10.9. The summed E-state index contributed by atoms with van der Waals surface area (Å²) in [5.41, 5.74) is 1.87. The highest BCUT2D eigenvalue weighted by atomic mass is 16.5. The van der Waals surface area contributed by atoms with E-state index in [0.717, 1.165) is 18.7 Å². The standard InChI is InChI=1S/C14H16N6O/c1-11-8-17-20(10-11)7-6-15-9-13-18-14(19-21-13)12-4-2-3-5-16-12/h2-5,8,10,15H,6-7,9H2,1H3. The van der Waals surface area contributed by atoms with Gasteiger partial charge in [0, 0.05) is 18.9 Å². The molecule has 0 saturated heterocycles. The third-order valence-corrected chi connectivity index (χ3v) is 2.92. The first-order valence-corrected chi connectivity index (χ1v) is 6.75. The second-order valence-corrected chi connectivity index (χ2v) is 4.68. The van der Waals surface area contributed by atoms with Gasteiger partial charge in [0.25, 0.3) is 0 Å². The molecule has 3 heterocycles. The van der Waals surface area contributed by atoms with Crippen LogP contribution >= 0.6 is 0 Å². The Bertz CT molecular complexity index is 690. The van der Waals surface area contributed by atoms with Crippen molar-refractivity contribution >= 4 is 0 Å². The second kappa shape index (κ2) is 6.27. The molecule has 7 heteroatoms. The van der Waals surface area contributed by atoms with E-state index in [9.17, 15) is 0 Å². The number of hydrogen-bond acceptors (Lipinski definition) is 6. The predicted octanol–water partition coefficient (Wildman–Crippen LogP) is 1.43. The van der Waals surface area contributed by atoms with Crippen LogP contribution in [0.1, 0.15) is 11.5 Å². The van der Waals surface area contributed by atoms with Gasteiger partial charge in [-0.3, -0.25) is 9.67 Å². The maximum atomic E-state index is 5.19. The van der Waals surface area contributed by atoms with E-state index in [1.54, 1.807) is 6.20 Å². The lowest BCUT2D eigenvalue weighted by molar-refractivity contribution is 0.365. The van der Waals surface area contributed by atoms with Crippen LogP contribution in [-0.2, 0) is 13.1 Å². The fraction of sp³-hybridized carbons (Fsp3) is 0.286. The molecule has 0 aliphatic heterocycles. The van der Waals surface area contributed by atoms with Gasteiger partial charge in [0.15, 0.2) is 0 Å². The van der Waals surface area contributed by atoms with Gasteiger partial charge >= 0.3 is 0 Å². The second-order valence-electron chi connectivity index (χ2n) is 4.68. The lowest BCUT2D eigenvalue weighted by atomic mass is 10.3. The zero-order valence-electron chi connectivity index (χ0n) is 11.7. The largest absolute Gasteiger partial charge is 0.337 e. The molecule has 0 aliphatic rings. The van der Waals surface area contributed by atoms with Crippen LogP contribution in [0.5, 0.6) is 0 Å². The monoisotopic (exact) mass is 284 g/mol. The SMILES string of the molecule is Cc1cnn(CCNCc2nc(-c3ccccn3)no2)c1. The highest BCUT2D eigenvalue weighted by Crippen LogP contribution is 2.11. The van der Waals surface area contributed by atoms with Gasteiger partial charge in [-0.15, -0.1) is 0 Å². The van der Waals surface area contributed by atoms with Crippen LogP contribution in [0, 0.1) is 6.92 Å². The number of aromatic nitrogens is 5. The molecule has 0 saturated carbocycles. The molecule has 0 atom stereocenters. The molecule has 0 bridgehead atoms. The number of hydrogen-bond donors (Lipinski definition) is 1. The van der Waals surface area contributed by atoms with Gasteiger partial charge < -0.3 is 9.84 Å². The van der Waals surface area contributed by atoms with E-state index in [1.807, 2.05) is 42.2 Å². The Morgan fingerprint density at radius 1 is 1.33 bits per heavy atom. The first kappa shape index (κ1) is 13.4. The van der Waals surface area contributed by atoms with Gasteiger partial charge in [-0.2, -0.15) is 10.1 Å². The first-order valence-electron chi connectivity index (χ1n) is 6.75. The molecule has 21 heavy (non-hydrogen) atoms. The lowest BCUT2D eigenvalue weighted by Crippen LogP contribution is -2.19. The Hall–Kier alpha value is -2.54. The van der Waals surface area contributed by atoms with Gasteiger partial charge in [-0.1, -0.05) is 11.2 Å². The van der Waals surface area contributed by atoms with E-state index in [2.05, 4.69) is 25.5 Å². The van der Waals surface area contributed by atoms with Gasteiger partial charge in [0.1, 0.15) is 5.69 Å². The molecular formula is C14H16N6O.